The average Bonchev–Trinajstić information content (AvgIpc) is 3.07. The highest BCUT2D eigenvalue weighted by molar-refractivity contribution is 5.72. The van der Waals surface area contributed by atoms with Gasteiger partial charge in [-0.2, -0.15) is 0 Å². The van der Waals surface area contributed by atoms with Crippen molar-refractivity contribution < 1.29 is 13.9 Å². The predicted molar refractivity (Wildman–Crippen MR) is 75.3 cm³/mol. The van der Waals surface area contributed by atoms with Gasteiger partial charge in [0.25, 0.3) is 0 Å². The van der Waals surface area contributed by atoms with E-state index in [1.807, 2.05) is 11.0 Å². The second-order valence-corrected chi connectivity index (χ2v) is 5.45. The fourth-order valence-electron chi connectivity index (χ4n) is 2.98. The minimum Gasteiger partial charge on any atom is -0.466 e. The van der Waals surface area contributed by atoms with Crippen LogP contribution in [-0.4, -0.2) is 23.6 Å². The number of carbonyl (C=O) groups is 1. The molecule has 1 aromatic heterocycles. The highest BCUT2D eigenvalue weighted by atomic mass is 16.6. The molecule has 0 aromatic carbocycles. The Morgan fingerprint density at radius 3 is 2.95 bits per heavy atom. The van der Waals surface area contributed by atoms with E-state index in [-0.39, 0.29) is 12.1 Å². The van der Waals surface area contributed by atoms with Crippen LogP contribution in [0.4, 0.5) is 4.79 Å². The third-order valence-corrected chi connectivity index (χ3v) is 4.07. The largest absolute Gasteiger partial charge is 0.466 e. The summed E-state index contributed by atoms with van der Waals surface area (Å²) in [5.41, 5.74) is 1.13. The molecule has 1 fully saturated rings. The maximum Gasteiger partial charge on any atom is 0.414 e. The van der Waals surface area contributed by atoms with Crippen molar-refractivity contribution >= 4 is 6.09 Å². The minimum absolute atomic E-state index is 0.174. The Hall–Kier alpha value is -1.71. The van der Waals surface area contributed by atoms with E-state index in [1.54, 1.807) is 0 Å². The number of rotatable bonds is 5. The number of furan rings is 1. The highest BCUT2D eigenvalue weighted by Crippen LogP contribution is 2.30. The van der Waals surface area contributed by atoms with Crippen molar-refractivity contribution in [2.45, 2.75) is 51.5 Å². The van der Waals surface area contributed by atoms with Gasteiger partial charge >= 0.3 is 6.09 Å². The van der Waals surface area contributed by atoms with Crippen LogP contribution in [0.5, 0.6) is 0 Å². The monoisotopic (exact) mass is 275 g/mol. The second-order valence-electron chi connectivity index (χ2n) is 5.45. The average molecular weight is 275 g/mol. The third-order valence-electron chi connectivity index (χ3n) is 4.07. The molecule has 0 aliphatic carbocycles. The van der Waals surface area contributed by atoms with E-state index in [0.717, 1.165) is 55.7 Å². The molecule has 108 valence electrons. The zero-order valence-corrected chi connectivity index (χ0v) is 11.9. The Labute approximate surface area is 119 Å². The van der Waals surface area contributed by atoms with Crippen LogP contribution in [0.1, 0.15) is 44.1 Å². The maximum atomic E-state index is 11.7. The summed E-state index contributed by atoms with van der Waals surface area (Å²) < 4.78 is 10.8. The van der Waals surface area contributed by atoms with Gasteiger partial charge in [-0.1, -0.05) is 13.0 Å². The Balaban J connectivity index is 1.55. The lowest BCUT2D eigenvalue weighted by molar-refractivity contribution is 0.163. The van der Waals surface area contributed by atoms with Gasteiger partial charge in [-0.05, 0) is 37.8 Å². The first-order chi connectivity index (χ1) is 9.78. The van der Waals surface area contributed by atoms with E-state index >= 15 is 0 Å². The Morgan fingerprint density at radius 2 is 2.15 bits per heavy atom. The Kier molecular flexibility index (Phi) is 3.81. The van der Waals surface area contributed by atoms with Gasteiger partial charge in [0.05, 0.1) is 6.04 Å². The maximum absolute atomic E-state index is 11.7. The number of hydrogen-bond acceptors (Lipinski definition) is 3. The number of cyclic esters (lactones) is 1. The molecule has 0 spiro atoms. The van der Waals surface area contributed by atoms with Gasteiger partial charge in [0.15, 0.2) is 0 Å². The smallest absolute Gasteiger partial charge is 0.414 e. The van der Waals surface area contributed by atoms with Gasteiger partial charge in [0, 0.05) is 18.5 Å². The number of ether oxygens (including phenoxy) is 1. The van der Waals surface area contributed by atoms with Crippen molar-refractivity contribution in [3.8, 4) is 0 Å². The molecule has 1 amide bonds. The van der Waals surface area contributed by atoms with Crippen LogP contribution in [0.2, 0.25) is 0 Å². The summed E-state index contributed by atoms with van der Waals surface area (Å²) in [7, 11) is 0. The molecule has 2 aliphatic rings. The van der Waals surface area contributed by atoms with E-state index in [1.165, 1.54) is 0 Å². The van der Waals surface area contributed by atoms with Crippen molar-refractivity contribution in [2.75, 3.05) is 6.61 Å². The lowest BCUT2D eigenvalue weighted by Crippen LogP contribution is -2.35. The van der Waals surface area contributed by atoms with Crippen LogP contribution in [0.25, 0.3) is 0 Å². The van der Waals surface area contributed by atoms with E-state index in [2.05, 4.69) is 19.1 Å². The van der Waals surface area contributed by atoms with Gasteiger partial charge in [0.1, 0.15) is 18.1 Å². The highest BCUT2D eigenvalue weighted by Gasteiger charge is 2.36. The lowest BCUT2D eigenvalue weighted by Gasteiger charge is -2.28. The van der Waals surface area contributed by atoms with Crippen molar-refractivity contribution in [1.82, 2.24) is 4.90 Å². The number of carbonyl (C=O) groups excluding carboxylic acids is 1. The molecule has 4 nitrogen and oxygen atoms in total. The molecule has 2 aliphatic heterocycles. The molecule has 1 unspecified atom stereocenters. The SMILES string of the molecule is CCc1ccc(CCCC2=CCCC3COC(=O)N23)o1. The van der Waals surface area contributed by atoms with Crippen LogP contribution >= 0.6 is 0 Å². The van der Waals surface area contributed by atoms with E-state index < -0.39 is 0 Å². The molecule has 3 rings (SSSR count). The Morgan fingerprint density at radius 1 is 1.30 bits per heavy atom. The number of fused-ring (bicyclic) bond motifs is 1. The molecule has 1 aromatic rings. The van der Waals surface area contributed by atoms with Gasteiger partial charge in [-0.15, -0.1) is 0 Å². The number of aryl methyl sites for hydroxylation is 2. The van der Waals surface area contributed by atoms with Crippen molar-refractivity contribution in [3.63, 3.8) is 0 Å². The molecule has 0 radical (unpaired) electrons. The van der Waals surface area contributed by atoms with Crippen molar-refractivity contribution in [3.05, 3.63) is 35.4 Å². The predicted octanol–water partition coefficient (Wildman–Crippen LogP) is 3.66. The Bertz CT molecular complexity index is 518. The summed E-state index contributed by atoms with van der Waals surface area (Å²) in [6.45, 7) is 2.64. The first-order valence-electron chi connectivity index (χ1n) is 7.50. The van der Waals surface area contributed by atoms with Crippen LogP contribution in [0, 0.1) is 0 Å². The molecule has 0 saturated carbocycles. The van der Waals surface area contributed by atoms with E-state index in [9.17, 15) is 4.79 Å². The molecule has 3 heterocycles. The molecule has 1 atom stereocenters. The minimum atomic E-state index is -0.174. The molecule has 0 bridgehead atoms. The normalized spacial score (nSPS) is 21.6. The summed E-state index contributed by atoms with van der Waals surface area (Å²) in [6.07, 6.45) is 7.85. The van der Waals surface area contributed by atoms with Crippen molar-refractivity contribution in [2.24, 2.45) is 0 Å². The quantitative estimate of drug-likeness (QED) is 0.823. The van der Waals surface area contributed by atoms with Gasteiger partial charge in [-0.3, -0.25) is 4.90 Å². The number of amides is 1. The van der Waals surface area contributed by atoms with E-state index in [4.69, 9.17) is 9.15 Å². The van der Waals surface area contributed by atoms with Crippen molar-refractivity contribution in [1.29, 1.82) is 0 Å². The standard InChI is InChI=1S/C16H21NO3/c1-2-14-9-10-15(20-14)8-4-6-12-5-3-7-13-11-19-16(18)17(12)13/h5,9-10,13H,2-4,6-8,11H2,1H3. The third kappa shape index (κ3) is 2.60. The summed E-state index contributed by atoms with van der Waals surface area (Å²) in [5.74, 6) is 2.08. The fraction of sp³-hybridized carbons (Fsp3) is 0.562. The first kappa shape index (κ1) is 13.3. The molecule has 4 heteroatoms. The molecular formula is C16H21NO3. The van der Waals surface area contributed by atoms with Crippen LogP contribution in [0.3, 0.4) is 0 Å². The van der Waals surface area contributed by atoms with Crippen LogP contribution in [0.15, 0.2) is 28.3 Å². The van der Waals surface area contributed by atoms with Gasteiger partial charge in [0.2, 0.25) is 0 Å². The molecule has 0 N–H and O–H groups in total. The zero-order valence-electron chi connectivity index (χ0n) is 11.9. The van der Waals surface area contributed by atoms with Crippen LogP contribution in [-0.2, 0) is 17.6 Å². The molecular weight excluding hydrogens is 254 g/mol. The number of hydrogen-bond donors (Lipinski definition) is 0. The zero-order chi connectivity index (χ0) is 13.9. The second kappa shape index (κ2) is 5.73. The lowest BCUT2D eigenvalue weighted by atomic mass is 10.0. The molecule has 20 heavy (non-hydrogen) atoms. The molecule has 1 saturated heterocycles. The number of nitrogens with zero attached hydrogens (tertiary/aromatic N) is 1. The van der Waals surface area contributed by atoms with Crippen LogP contribution < -0.4 is 0 Å². The van der Waals surface area contributed by atoms with Gasteiger partial charge in [-0.25, -0.2) is 4.79 Å². The van der Waals surface area contributed by atoms with Gasteiger partial charge < -0.3 is 9.15 Å². The summed E-state index contributed by atoms with van der Waals surface area (Å²) in [6, 6.07) is 4.36. The van der Waals surface area contributed by atoms with E-state index in [0.29, 0.717) is 6.61 Å². The number of allylic oxidation sites excluding steroid dienone is 2. The topological polar surface area (TPSA) is 42.7 Å². The summed E-state index contributed by atoms with van der Waals surface area (Å²) in [5, 5.41) is 0. The summed E-state index contributed by atoms with van der Waals surface area (Å²) in [4.78, 5) is 13.6. The summed E-state index contributed by atoms with van der Waals surface area (Å²) >= 11 is 0. The fourth-order valence-corrected chi connectivity index (χ4v) is 2.98. The first-order valence-corrected chi connectivity index (χ1v) is 7.50.